The SMILES string of the molecule is CC(C)(C)SSCO[C@@H]1C[C@H](n2cc(C#CCN)c(=O)[nH]c2=O)OC1CCO. The van der Waals surface area contributed by atoms with Crippen molar-refractivity contribution in [3.8, 4) is 11.8 Å². The first-order chi connectivity index (χ1) is 13.2. The number of nitrogens with one attached hydrogen (secondary N) is 1. The molecule has 1 aliphatic heterocycles. The first-order valence-electron chi connectivity index (χ1n) is 8.98. The lowest BCUT2D eigenvalue weighted by Crippen LogP contribution is -2.33. The van der Waals surface area contributed by atoms with Crippen LogP contribution in [0.2, 0.25) is 0 Å². The number of aliphatic hydroxyl groups is 1. The van der Waals surface area contributed by atoms with Gasteiger partial charge in [-0.05, 0) is 6.42 Å². The van der Waals surface area contributed by atoms with Crippen LogP contribution in [-0.4, -0.2) is 50.7 Å². The smallest absolute Gasteiger partial charge is 0.330 e. The van der Waals surface area contributed by atoms with Crippen LogP contribution in [0.5, 0.6) is 0 Å². The largest absolute Gasteiger partial charge is 0.396 e. The van der Waals surface area contributed by atoms with Crippen LogP contribution in [0.25, 0.3) is 0 Å². The van der Waals surface area contributed by atoms with Crippen molar-refractivity contribution in [3.05, 3.63) is 32.6 Å². The van der Waals surface area contributed by atoms with E-state index < -0.39 is 17.5 Å². The molecular formula is C18H27N3O5S2. The summed E-state index contributed by atoms with van der Waals surface area (Å²) < 4.78 is 13.3. The zero-order valence-electron chi connectivity index (χ0n) is 16.3. The van der Waals surface area contributed by atoms with Gasteiger partial charge >= 0.3 is 5.69 Å². The third kappa shape index (κ3) is 6.69. The maximum absolute atomic E-state index is 12.3. The van der Waals surface area contributed by atoms with Crippen molar-refractivity contribution in [3.63, 3.8) is 0 Å². The van der Waals surface area contributed by atoms with Crippen molar-refractivity contribution < 1.29 is 14.6 Å². The predicted octanol–water partition coefficient (Wildman–Crippen LogP) is 1.04. The average Bonchev–Trinajstić information content (AvgIpc) is 3.00. The molecule has 0 bridgehead atoms. The van der Waals surface area contributed by atoms with Gasteiger partial charge in [0.15, 0.2) is 0 Å². The molecule has 2 heterocycles. The third-order valence-corrected chi connectivity index (χ3v) is 6.83. The Morgan fingerprint density at radius 3 is 2.86 bits per heavy atom. The molecule has 2 rings (SSSR count). The van der Waals surface area contributed by atoms with Gasteiger partial charge in [-0.1, -0.05) is 54.2 Å². The molecule has 156 valence electrons. The molecule has 0 amide bonds. The maximum Gasteiger partial charge on any atom is 0.330 e. The van der Waals surface area contributed by atoms with Gasteiger partial charge in [0, 0.05) is 24.0 Å². The molecule has 0 saturated carbocycles. The molecule has 8 nitrogen and oxygen atoms in total. The van der Waals surface area contributed by atoms with Gasteiger partial charge < -0.3 is 20.3 Å². The van der Waals surface area contributed by atoms with E-state index in [1.807, 2.05) is 0 Å². The van der Waals surface area contributed by atoms with Gasteiger partial charge in [0.25, 0.3) is 5.56 Å². The van der Waals surface area contributed by atoms with Crippen LogP contribution in [0.1, 0.15) is 45.4 Å². The first kappa shape index (κ1) is 23.1. The molecule has 28 heavy (non-hydrogen) atoms. The fourth-order valence-electron chi connectivity index (χ4n) is 2.68. The molecule has 1 fully saturated rings. The van der Waals surface area contributed by atoms with Crippen LogP contribution in [0.4, 0.5) is 0 Å². The van der Waals surface area contributed by atoms with Gasteiger partial charge in [0.1, 0.15) is 17.7 Å². The van der Waals surface area contributed by atoms with E-state index in [1.165, 1.54) is 10.8 Å². The van der Waals surface area contributed by atoms with Crippen molar-refractivity contribution in [2.75, 3.05) is 19.1 Å². The average molecular weight is 430 g/mol. The molecular weight excluding hydrogens is 402 g/mol. The molecule has 10 heteroatoms. The summed E-state index contributed by atoms with van der Waals surface area (Å²) in [5.74, 6) is 5.73. The Labute approximate surface area is 172 Å². The Bertz CT molecular complexity index is 821. The molecule has 1 saturated heterocycles. The van der Waals surface area contributed by atoms with E-state index in [4.69, 9.17) is 15.2 Å². The van der Waals surface area contributed by atoms with Gasteiger partial charge in [-0.2, -0.15) is 0 Å². The van der Waals surface area contributed by atoms with Crippen LogP contribution in [-0.2, 0) is 9.47 Å². The van der Waals surface area contributed by atoms with Crippen LogP contribution < -0.4 is 17.0 Å². The summed E-state index contributed by atoms with van der Waals surface area (Å²) >= 11 is 0. The Hall–Kier alpha value is -1.22. The number of hydrogen-bond acceptors (Lipinski definition) is 8. The second kappa shape index (κ2) is 10.5. The summed E-state index contributed by atoms with van der Waals surface area (Å²) in [4.78, 5) is 26.4. The van der Waals surface area contributed by atoms with Crippen LogP contribution in [0.3, 0.4) is 0 Å². The van der Waals surface area contributed by atoms with E-state index in [0.29, 0.717) is 18.8 Å². The van der Waals surface area contributed by atoms with Crippen molar-refractivity contribution in [1.29, 1.82) is 0 Å². The molecule has 1 aromatic heterocycles. The number of aliphatic hydroxyl groups excluding tert-OH is 1. The fraction of sp³-hybridized carbons (Fsp3) is 0.667. The number of rotatable bonds is 7. The summed E-state index contributed by atoms with van der Waals surface area (Å²) in [6.07, 6.45) is 1.01. The Balaban J connectivity index is 2.12. The lowest BCUT2D eigenvalue weighted by molar-refractivity contribution is -0.0408. The van der Waals surface area contributed by atoms with Crippen LogP contribution in [0.15, 0.2) is 15.8 Å². The van der Waals surface area contributed by atoms with Crippen molar-refractivity contribution >= 4 is 21.6 Å². The first-order valence-corrected chi connectivity index (χ1v) is 11.3. The van der Waals surface area contributed by atoms with E-state index in [2.05, 4.69) is 37.6 Å². The van der Waals surface area contributed by atoms with Crippen molar-refractivity contribution in [2.24, 2.45) is 5.73 Å². The lowest BCUT2D eigenvalue weighted by atomic mass is 10.1. The number of aromatic nitrogens is 2. The molecule has 0 spiro atoms. The van der Waals surface area contributed by atoms with Crippen LogP contribution in [0, 0.1) is 11.8 Å². The zero-order chi connectivity index (χ0) is 20.7. The minimum atomic E-state index is -0.607. The highest BCUT2D eigenvalue weighted by atomic mass is 33.1. The van der Waals surface area contributed by atoms with E-state index in [-0.39, 0.29) is 35.7 Å². The summed E-state index contributed by atoms with van der Waals surface area (Å²) in [6, 6.07) is 0. The fourth-order valence-corrected chi connectivity index (χ4v) is 4.69. The number of ether oxygens (including phenoxy) is 2. The number of aromatic amines is 1. The van der Waals surface area contributed by atoms with Crippen molar-refractivity contribution in [2.45, 2.75) is 56.8 Å². The predicted molar refractivity (Wildman–Crippen MR) is 112 cm³/mol. The Morgan fingerprint density at radius 1 is 1.46 bits per heavy atom. The van der Waals surface area contributed by atoms with E-state index in [1.54, 1.807) is 21.6 Å². The quantitative estimate of drug-likeness (QED) is 0.255. The summed E-state index contributed by atoms with van der Waals surface area (Å²) in [6.45, 7) is 6.44. The van der Waals surface area contributed by atoms with E-state index >= 15 is 0 Å². The van der Waals surface area contributed by atoms with Crippen LogP contribution >= 0.6 is 21.6 Å². The normalized spacial score (nSPS) is 22.1. The van der Waals surface area contributed by atoms with E-state index in [0.717, 1.165) is 0 Å². The monoisotopic (exact) mass is 429 g/mol. The highest BCUT2D eigenvalue weighted by molar-refractivity contribution is 8.77. The lowest BCUT2D eigenvalue weighted by Gasteiger charge is -2.20. The number of nitrogens with zero attached hydrogens (tertiary/aromatic N) is 1. The number of nitrogens with two attached hydrogens (primary N) is 1. The molecule has 3 atom stereocenters. The Morgan fingerprint density at radius 2 is 2.21 bits per heavy atom. The van der Waals surface area contributed by atoms with Gasteiger partial charge in [0.05, 0.1) is 18.8 Å². The van der Waals surface area contributed by atoms with Crippen molar-refractivity contribution in [1.82, 2.24) is 9.55 Å². The zero-order valence-corrected chi connectivity index (χ0v) is 17.9. The molecule has 0 aliphatic carbocycles. The molecule has 1 unspecified atom stereocenters. The second-order valence-corrected chi connectivity index (χ2v) is 10.3. The molecule has 1 aromatic rings. The summed E-state index contributed by atoms with van der Waals surface area (Å²) in [5, 5.41) is 9.32. The third-order valence-electron chi connectivity index (χ3n) is 3.84. The molecule has 4 N–H and O–H groups in total. The van der Waals surface area contributed by atoms with E-state index in [9.17, 15) is 14.7 Å². The standard InChI is InChI=1S/C18H27N3O5S2/c1-18(2,3)28-27-11-25-14-9-15(26-13(14)6-8-22)21-10-12(5-4-7-19)16(23)20-17(21)24/h10,13-15,22H,6-9,11,19H2,1-3H3,(H,20,23,24)/t13?,14-,15-/m1/s1. The van der Waals surface area contributed by atoms with Gasteiger partial charge in [0.2, 0.25) is 0 Å². The maximum atomic E-state index is 12.3. The molecule has 0 radical (unpaired) electrons. The summed E-state index contributed by atoms with van der Waals surface area (Å²) in [7, 11) is 3.33. The Kier molecular flexibility index (Phi) is 8.67. The highest BCUT2D eigenvalue weighted by Crippen LogP contribution is 2.37. The minimum absolute atomic E-state index is 0.0467. The topological polar surface area (TPSA) is 120 Å². The van der Waals surface area contributed by atoms with Gasteiger partial charge in [-0.15, -0.1) is 0 Å². The summed E-state index contributed by atoms with van der Waals surface area (Å²) in [5.41, 5.74) is 4.36. The number of hydrogen-bond donors (Lipinski definition) is 3. The number of H-pyrrole nitrogens is 1. The molecule has 0 aromatic carbocycles. The van der Waals surface area contributed by atoms with Gasteiger partial charge in [-0.25, -0.2) is 4.79 Å². The second-order valence-electron chi connectivity index (χ2n) is 7.23. The highest BCUT2D eigenvalue weighted by Gasteiger charge is 2.37. The minimum Gasteiger partial charge on any atom is -0.396 e. The van der Waals surface area contributed by atoms with Gasteiger partial charge in [-0.3, -0.25) is 14.3 Å². The molecule has 1 aliphatic rings.